The SMILES string of the molecule is F/C=C/CCCCC1CCC(c2ccc(F)cc2)CC1. The molecule has 110 valence electrons. The fourth-order valence-electron chi connectivity index (χ4n) is 3.28. The zero-order valence-corrected chi connectivity index (χ0v) is 12.0. The molecular formula is C18H24F2. The van der Waals surface area contributed by atoms with Gasteiger partial charge in [-0.15, -0.1) is 0 Å². The topological polar surface area (TPSA) is 0 Å². The molecule has 0 spiro atoms. The van der Waals surface area contributed by atoms with Gasteiger partial charge in [0, 0.05) is 0 Å². The van der Waals surface area contributed by atoms with Gasteiger partial charge in [0.1, 0.15) is 5.82 Å². The van der Waals surface area contributed by atoms with Crippen LogP contribution in [0.5, 0.6) is 0 Å². The maximum Gasteiger partial charge on any atom is 0.123 e. The van der Waals surface area contributed by atoms with Crippen molar-refractivity contribution in [3.8, 4) is 0 Å². The Kier molecular flexibility index (Phi) is 6.23. The monoisotopic (exact) mass is 278 g/mol. The molecule has 0 bridgehead atoms. The fraction of sp³-hybridized carbons (Fsp3) is 0.556. The molecule has 2 heteroatoms. The number of unbranched alkanes of at least 4 members (excludes halogenated alkanes) is 2. The third-order valence-corrected chi connectivity index (χ3v) is 4.51. The van der Waals surface area contributed by atoms with Gasteiger partial charge in [-0.3, -0.25) is 0 Å². The second-order valence-corrected chi connectivity index (χ2v) is 5.92. The lowest BCUT2D eigenvalue weighted by Crippen LogP contribution is -2.13. The van der Waals surface area contributed by atoms with Crippen LogP contribution < -0.4 is 0 Å². The van der Waals surface area contributed by atoms with Crippen LogP contribution in [0.3, 0.4) is 0 Å². The molecule has 0 heterocycles. The summed E-state index contributed by atoms with van der Waals surface area (Å²) in [7, 11) is 0. The van der Waals surface area contributed by atoms with Crippen LogP contribution in [-0.2, 0) is 0 Å². The van der Waals surface area contributed by atoms with Gasteiger partial charge in [0.05, 0.1) is 6.33 Å². The van der Waals surface area contributed by atoms with E-state index >= 15 is 0 Å². The van der Waals surface area contributed by atoms with E-state index in [4.69, 9.17) is 0 Å². The standard InChI is InChI=1S/C18H24F2/c19-14-4-2-1-3-5-15-6-8-16(9-7-15)17-10-12-18(20)13-11-17/h4,10-16H,1-3,5-9H2/b14-4+. The molecule has 2 rings (SSSR count). The molecule has 0 radical (unpaired) electrons. The molecule has 0 atom stereocenters. The molecule has 1 aromatic carbocycles. The van der Waals surface area contributed by atoms with Crippen molar-refractivity contribution in [3.05, 3.63) is 48.1 Å². The summed E-state index contributed by atoms with van der Waals surface area (Å²) in [5.74, 6) is 1.30. The van der Waals surface area contributed by atoms with E-state index in [2.05, 4.69) is 0 Å². The summed E-state index contributed by atoms with van der Waals surface area (Å²) in [6.07, 6.45) is 11.7. The fourth-order valence-corrected chi connectivity index (χ4v) is 3.28. The first-order valence-electron chi connectivity index (χ1n) is 7.80. The Morgan fingerprint density at radius 3 is 2.35 bits per heavy atom. The van der Waals surface area contributed by atoms with Crippen LogP contribution in [0.1, 0.15) is 62.8 Å². The number of halogens is 2. The third kappa shape index (κ3) is 4.73. The summed E-state index contributed by atoms with van der Waals surface area (Å²) < 4.78 is 24.7. The summed E-state index contributed by atoms with van der Waals surface area (Å²) in [6.45, 7) is 0. The molecule has 0 unspecified atom stereocenters. The summed E-state index contributed by atoms with van der Waals surface area (Å²) in [5, 5.41) is 0. The van der Waals surface area contributed by atoms with E-state index < -0.39 is 0 Å². The van der Waals surface area contributed by atoms with Crippen molar-refractivity contribution in [3.63, 3.8) is 0 Å². The lowest BCUT2D eigenvalue weighted by molar-refractivity contribution is 0.303. The number of hydrogen-bond acceptors (Lipinski definition) is 0. The van der Waals surface area contributed by atoms with Crippen LogP contribution >= 0.6 is 0 Å². The van der Waals surface area contributed by atoms with Gasteiger partial charge in [0.2, 0.25) is 0 Å². The number of allylic oxidation sites excluding steroid dienone is 1. The molecule has 1 aromatic rings. The lowest BCUT2D eigenvalue weighted by atomic mass is 9.77. The Morgan fingerprint density at radius 1 is 1.00 bits per heavy atom. The minimum atomic E-state index is -0.148. The summed E-state index contributed by atoms with van der Waals surface area (Å²) in [4.78, 5) is 0. The Labute approximate surface area is 120 Å². The number of rotatable bonds is 6. The first kappa shape index (κ1) is 15.2. The lowest BCUT2D eigenvalue weighted by Gasteiger charge is -2.28. The van der Waals surface area contributed by atoms with E-state index in [9.17, 15) is 8.78 Å². The van der Waals surface area contributed by atoms with Crippen molar-refractivity contribution < 1.29 is 8.78 Å². The smallest absolute Gasteiger partial charge is 0.123 e. The molecule has 1 aliphatic carbocycles. The second-order valence-electron chi connectivity index (χ2n) is 5.92. The molecule has 0 nitrogen and oxygen atoms in total. The van der Waals surface area contributed by atoms with Crippen molar-refractivity contribution in [2.24, 2.45) is 5.92 Å². The number of hydrogen-bond donors (Lipinski definition) is 0. The first-order chi connectivity index (χ1) is 9.79. The largest absolute Gasteiger partial charge is 0.216 e. The highest BCUT2D eigenvalue weighted by Crippen LogP contribution is 2.37. The molecule has 0 saturated heterocycles. The molecule has 0 amide bonds. The summed E-state index contributed by atoms with van der Waals surface area (Å²) >= 11 is 0. The Bertz CT molecular complexity index is 400. The van der Waals surface area contributed by atoms with Crippen molar-refractivity contribution in [2.45, 2.75) is 57.3 Å². The molecule has 0 aliphatic heterocycles. The van der Waals surface area contributed by atoms with Crippen LogP contribution in [0.4, 0.5) is 8.78 Å². The highest BCUT2D eigenvalue weighted by molar-refractivity contribution is 5.20. The van der Waals surface area contributed by atoms with E-state index in [1.54, 1.807) is 18.2 Å². The quantitative estimate of drug-likeness (QED) is 0.548. The maximum absolute atomic E-state index is 12.9. The summed E-state index contributed by atoms with van der Waals surface area (Å²) in [6, 6.07) is 7.01. The van der Waals surface area contributed by atoms with Crippen LogP contribution in [0.25, 0.3) is 0 Å². The van der Waals surface area contributed by atoms with Crippen LogP contribution in [-0.4, -0.2) is 0 Å². The Balaban J connectivity index is 1.68. The van der Waals surface area contributed by atoms with Gasteiger partial charge in [-0.25, -0.2) is 8.78 Å². The Hall–Kier alpha value is -1.18. The predicted molar refractivity (Wildman–Crippen MR) is 79.8 cm³/mol. The van der Waals surface area contributed by atoms with Gasteiger partial charge in [-0.1, -0.05) is 31.1 Å². The third-order valence-electron chi connectivity index (χ3n) is 4.51. The van der Waals surface area contributed by atoms with Crippen molar-refractivity contribution >= 4 is 0 Å². The predicted octanol–water partition coefficient (Wildman–Crippen LogP) is 6.14. The number of benzene rings is 1. The normalized spacial score (nSPS) is 23.3. The molecular weight excluding hydrogens is 254 g/mol. The van der Waals surface area contributed by atoms with Gasteiger partial charge in [-0.05, 0) is 68.1 Å². The zero-order valence-electron chi connectivity index (χ0n) is 12.0. The minimum absolute atomic E-state index is 0.148. The van der Waals surface area contributed by atoms with E-state index in [0.717, 1.165) is 18.8 Å². The molecule has 20 heavy (non-hydrogen) atoms. The molecule has 1 saturated carbocycles. The van der Waals surface area contributed by atoms with Gasteiger partial charge in [-0.2, -0.15) is 0 Å². The average Bonchev–Trinajstić information content (AvgIpc) is 2.49. The highest BCUT2D eigenvalue weighted by atomic mass is 19.1. The van der Waals surface area contributed by atoms with Gasteiger partial charge >= 0.3 is 0 Å². The zero-order chi connectivity index (χ0) is 14.2. The highest BCUT2D eigenvalue weighted by Gasteiger charge is 2.21. The molecule has 1 aliphatic rings. The van der Waals surface area contributed by atoms with Crippen LogP contribution in [0, 0.1) is 11.7 Å². The van der Waals surface area contributed by atoms with Crippen molar-refractivity contribution in [1.29, 1.82) is 0 Å². The van der Waals surface area contributed by atoms with Gasteiger partial charge in [0.15, 0.2) is 0 Å². The van der Waals surface area contributed by atoms with Crippen molar-refractivity contribution in [2.75, 3.05) is 0 Å². The summed E-state index contributed by atoms with van der Waals surface area (Å²) in [5.41, 5.74) is 1.29. The second kappa shape index (κ2) is 8.18. The van der Waals surface area contributed by atoms with Crippen LogP contribution in [0.15, 0.2) is 36.7 Å². The van der Waals surface area contributed by atoms with Gasteiger partial charge < -0.3 is 0 Å². The maximum atomic E-state index is 12.9. The minimum Gasteiger partial charge on any atom is -0.216 e. The molecule has 0 aromatic heterocycles. The Morgan fingerprint density at radius 2 is 1.70 bits per heavy atom. The van der Waals surface area contributed by atoms with E-state index in [-0.39, 0.29) is 5.82 Å². The average molecular weight is 278 g/mol. The van der Waals surface area contributed by atoms with E-state index in [1.807, 2.05) is 12.1 Å². The van der Waals surface area contributed by atoms with E-state index in [1.165, 1.54) is 44.1 Å². The van der Waals surface area contributed by atoms with Crippen LogP contribution in [0.2, 0.25) is 0 Å². The van der Waals surface area contributed by atoms with E-state index in [0.29, 0.717) is 12.2 Å². The van der Waals surface area contributed by atoms with Gasteiger partial charge in [0.25, 0.3) is 0 Å². The van der Waals surface area contributed by atoms with Crippen molar-refractivity contribution in [1.82, 2.24) is 0 Å². The molecule has 0 N–H and O–H groups in total. The first-order valence-corrected chi connectivity index (χ1v) is 7.80. The molecule has 1 fully saturated rings.